The molecule has 26 heavy (non-hydrogen) atoms. The molecule has 3 amide bonds. The maximum atomic E-state index is 12.3. The maximum absolute atomic E-state index is 12.3. The molecule has 0 saturated carbocycles. The first-order valence-corrected chi connectivity index (χ1v) is 8.69. The molecule has 1 aliphatic rings. The van der Waals surface area contributed by atoms with Crippen LogP contribution in [0.1, 0.15) is 5.56 Å². The van der Waals surface area contributed by atoms with Crippen LogP contribution in [0.2, 0.25) is 0 Å². The molecule has 0 spiro atoms. The van der Waals surface area contributed by atoms with E-state index in [2.05, 4.69) is 10.3 Å². The molecule has 0 radical (unpaired) electrons. The van der Waals surface area contributed by atoms with Gasteiger partial charge in [-0.3, -0.25) is 9.78 Å². The normalized spacial score (nSPS) is 19.6. The van der Waals surface area contributed by atoms with Crippen LogP contribution in [0.25, 0.3) is 10.9 Å². The average molecular weight is 356 g/mol. The molecule has 2 N–H and O–H groups in total. The van der Waals surface area contributed by atoms with Crippen LogP contribution < -0.4 is 5.32 Å². The van der Waals surface area contributed by atoms with Crippen molar-refractivity contribution >= 4 is 22.8 Å². The lowest BCUT2D eigenvalue weighted by molar-refractivity contribution is -0.129. The van der Waals surface area contributed by atoms with E-state index < -0.39 is 6.10 Å². The van der Waals surface area contributed by atoms with Crippen molar-refractivity contribution < 1.29 is 14.7 Å². The largest absolute Gasteiger partial charge is 0.391 e. The number of nitrogens with zero attached hydrogens (tertiary/aromatic N) is 3. The van der Waals surface area contributed by atoms with Crippen LogP contribution in [-0.4, -0.2) is 71.7 Å². The fraction of sp³-hybridized carbons (Fsp3) is 0.421. The number of aliphatic hydroxyl groups is 1. The van der Waals surface area contributed by atoms with Crippen LogP contribution in [0.3, 0.4) is 0 Å². The Morgan fingerprint density at radius 3 is 2.81 bits per heavy atom. The van der Waals surface area contributed by atoms with Crippen LogP contribution in [0.5, 0.6) is 0 Å². The SMILES string of the molecule is CN(C)C(=O)NCC(=O)N1C[C@@H](Cc2ccnc3ccccc23)[C@@H](O)C1. The molecule has 1 saturated heterocycles. The summed E-state index contributed by atoms with van der Waals surface area (Å²) < 4.78 is 0. The highest BCUT2D eigenvalue weighted by Gasteiger charge is 2.34. The van der Waals surface area contributed by atoms with E-state index in [1.807, 2.05) is 30.3 Å². The third kappa shape index (κ3) is 3.94. The first-order valence-electron chi connectivity index (χ1n) is 8.69. The van der Waals surface area contributed by atoms with Gasteiger partial charge in [0.1, 0.15) is 0 Å². The molecule has 7 heteroatoms. The highest BCUT2D eigenvalue weighted by atomic mass is 16.3. The fourth-order valence-electron chi connectivity index (χ4n) is 3.30. The first kappa shape index (κ1) is 18.1. The van der Waals surface area contributed by atoms with Gasteiger partial charge in [0.05, 0.1) is 18.2 Å². The monoisotopic (exact) mass is 356 g/mol. The number of benzene rings is 1. The number of rotatable bonds is 4. The van der Waals surface area contributed by atoms with Crippen LogP contribution in [0, 0.1) is 5.92 Å². The van der Waals surface area contributed by atoms with E-state index in [4.69, 9.17) is 0 Å². The van der Waals surface area contributed by atoms with E-state index in [9.17, 15) is 14.7 Å². The van der Waals surface area contributed by atoms with Crippen LogP contribution in [0.15, 0.2) is 36.5 Å². The Morgan fingerprint density at radius 1 is 1.27 bits per heavy atom. The molecule has 1 fully saturated rings. The maximum Gasteiger partial charge on any atom is 0.317 e. The Morgan fingerprint density at radius 2 is 2.04 bits per heavy atom. The van der Waals surface area contributed by atoms with E-state index in [1.165, 1.54) is 4.90 Å². The summed E-state index contributed by atoms with van der Waals surface area (Å²) in [5.41, 5.74) is 2.05. The molecule has 0 aliphatic carbocycles. The number of carbonyl (C=O) groups is 2. The number of urea groups is 1. The second-order valence-corrected chi connectivity index (χ2v) is 6.87. The van der Waals surface area contributed by atoms with Crippen LogP contribution in [0.4, 0.5) is 4.79 Å². The average Bonchev–Trinajstić information content (AvgIpc) is 3.00. The van der Waals surface area contributed by atoms with Gasteiger partial charge in [-0.1, -0.05) is 18.2 Å². The third-order valence-electron chi connectivity index (χ3n) is 4.78. The molecule has 3 rings (SSSR count). The van der Waals surface area contributed by atoms with E-state index >= 15 is 0 Å². The molecular formula is C19H24N4O3. The number of para-hydroxylation sites is 1. The zero-order valence-corrected chi connectivity index (χ0v) is 15.1. The Hall–Kier alpha value is -2.67. The van der Waals surface area contributed by atoms with Crippen molar-refractivity contribution in [3.63, 3.8) is 0 Å². The second kappa shape index (κ2) is 7.70. The van der Waals surface area contributed by atoms with E-state index in [1.54, 1.807) is 25.2 Å². The smallest absolute Gasteiger partial charge is 0.317 e. The van der Waals surface area contributed by atoms with Gasteiger partial charge in [-0.25, -0.2) is 4.79 Å². The Bertz CT molecular complexity index is 803. The van der Waals surface area contributed by atoms with Crippen LogP contribution in [-0.2, 0) is 11.2 Å². The Balaban J connectivity index is 1.63. The topological polar surface area (TPSA) is 85.8 Å². The number of nitrogens with one attached hydrogen (secondary N) is 1. The van der Waals surface area contributed by atoms with Gasteiger partial charge >= 0.3 is 6.03 Å². The molecule has 0 bridgehead atoms. The van der Waals surface area contributed by atoms with Crippen molar-refractivity contribution in [1.82, 2.24) is 20.1 Å². The predicted octanol–water partition coefficient (Wildman–Crippen LogP) is 0.868. The zero-order valence-electron chi connectivity index (χ0n) is 15.1. The quantitative estimate of drug-likeness (QED) is 0.851. The number of hydrogen-bond acceptors (Lipinski definition) is 4. The number of fused-ring (bicyclic) bond motifs is 1. The van der Waals surface area contributed by atoms with Crippen molar-refractivity contribution in [1.29, 1.82) is 0 Å². The van der Waals surface area contributed by atoms with Gasteiger partial charge in [-0.05, 0) is 24.1 Å². The van der Waals surface area contributed by atoms with Crippen LogP contribution >= 0.6 is 0 Å². The lowest BCUT2D eigenvalue weighted by Crippen LogP contribution is -2.42. The number of β-amino-alcohol motifs (C(OH)–C–C–N with tert-alkyl or cyclic N) is 1. The van der Waals surface area contributed by atoms with Crippen molar-refractivity contribution in [2.45, 2.75) is 12.5 Å². The van der Waals surface area contributed by atoms with Gasteiger partial charge in [0.2, 0.25) is 5.91 Å². The predicted molar refractivity (Wildman–Crippen MR) is 98.6 cm³/mol. The molecule has 1 aromatic carbocycles. The minimum atomic E-state index is -0.574. The standard InChI is InChI=1S/C19H24N4O3/c1-22(2)19(26)21-10-18(25)23-11-14(17(24)12-23)9-13-7-8-20-16-6-4-3-5-15(13)16/h3-8,14,17,24H,9-12H2,1-2H3,(H,21,26)/t14-,17+/m1/s1. The number of pyridine rings is 1. The van der Waals surface area contributed by atoms with E-state index in [0.29, 0.717) is 19.5 Å². The highest BCUT2D eigenvalue weighted by Crippen LogP contribution is 2.25. The van der Waals surface area contributed by atoms with E-state index in [0.717, 1.165) is 16.5 Å². The van der Waals surface area contributed by atoms with Gasteiger partial charge in [0.15, 0.2) is 0 Å². The summed E-state index contributed by atoms with van der Waals surface area (Å²) in [6.45, 7) is 0.716. The van der Waals surface area contributed by atoms with Crippen molar-refractivity contribution in [2.24, 2.45) is 5.92 Å². The van der Waals surface area contributed by atoms with Crippen molar-refractivity contribution in [2.75, 3.05) is 33.7 Å². The molecular weight excluding hydrogens is 332 g/mol. The summed E-state index contributed by atoms with van der Waals surface area (Å²) in [6, 6.07) is 9.58. The number of carbonyl (C=O) groups excluding carboxylic acids is 2. The summed E-state index contributed by atoms with van der Waals surface area (Å²) in [5.74, 6) is -0.212. The molecule has 7 nitrogen and oxygen atoms in total. The summed E-state index contributed by atoms with van der Waals surface area (Å²) in [5, 5.41) is 14.0. The van der Waals surface area contributed by atoms with Crippen molar-refractivity contribution in [3.8, 4) is 0 Å². The second-order valence-electron chi connectivity index (χ2n) is 6.87. The lowest BCUT2D eigenvalue weighted by atomic mass is 9.94. The van der Waals surface area contributed by atoms with Gasteiger partial charge in [-0.15, -0.1) is 0 Å². The molecule has 138 valence electrons. The van der Waals surface area contributed by atoms with Gasteiger partial charge in [0, 0.05) is 44.7 Å². The molecule has 1 aliphatic heterocycles. The Labute approximate surface area is 152 Å². The molecule has 2 aromatic rings. The summed E-state index contributed by atoms with van der Waals surface area (Å²) >= 11 is 0. The third-order valence-corrected chi connectivity index (χ3v) is 4.78. The highest BCUT2D eigenvalue weighted by molar-refractivity contribution is 5.84. The number of aromatic nitrogens is 1. The zero-order chi connectivity index (χ0) is 18.7. The van der Waals surface area contributed by atoms with Gasteiger partial charge < -0.3 is 20.2 Å². The lowest BCUT2D eigenvalue weighted by Gasteiger charge is -2.18. The van der Waals surface area contributed by atoms with Gasteiger partial charge in [0.25, 0.3) is 0 Å². The van der Waals surface area contributed by atoms with Gasteiger partial charge in [-0.2, -0.15) is 0 Å². The number of hydrogen-bond donors (Lipinski definition) is 2. The molecule has 1 aromatic heterocycles. The fourth-order valence-corrected chi connectivity index (χ4v) is 3.30. The summed E-state index contributed by atoms with van der Waals surface area (Å²) in [7, 11) is 3.24. The summed E-state index contributed by atoms with van der Waals surface area (Å²) in [4.78, 5) is 31.2. The number of amides is 3. The number of likely N-dealkylation sites (tertiary alicyclic amines) is 1. The van der Waals surface area contributed by atoms with E-state index in [-0.39, 0.29) is 24.4 Å². The first-order chi connectivity index (χ1) is 12.5. The molecule has 2 heterocycles. The Kier molecular flexibility index (Phi) is 5.37. The molecule has 0 unspecified atom stereocenters. The summed E-state index contributed by atoms with van der Waals surface area (Å²) in [6.07, 6.45) is 1.88. The minimum Gasteiger partial charge on any atom is -0.391 e. The minimum absolute atomic E-state index is 0.0330. The van der Waals surface area contributed by atoms with Crippen molar-refractivity contribution in [3.05, 3.63) is 42.1 Å². The molecule has 2 atom stereocenters. The number of aliphatic hydroxyl groups excluding tert-OH is 1.